The molecule has 1 aliphatic carbocycles. The molecule has 4 nitrogen and oxygen atoms in total. The maximum absolute atomic E-state index is 5.66. The van der Waals surface area contributed by atoms with Gasteiger partial charge in [-0.25, -0.2) is 4.98 Å². The summed E-state index contributed by atoms with van der Waals surface area (Å²) in [6, 6.07) is 7.02. The van der Waals surface area contributed by atoms with E-state index in [9.17, 15) is 0 Å². The summed E-state index contributed by atoms with van der Waals surface area (Å²) in [5, 5.41) is 0. The van der Waals surface area contributed by atoms with Gasteiger partial charge >= 0.3 is 0 Å². The Bertz CT molecular complexity index is 406. The second-order valence-electron chi connectivity index (χ2n) is 5.65. The molecular weight excluding hydrogens is 236 g/mol. The first-order chi connectivity index (χ1) is 9.36. The summed E-state index contributed by atoms with van der Waals surface area (Å²) >= 11 is 0. The smallest absolute Gasteiger partial charge is 0.128 e. The summed E-state index contributed by atoms with van der Waals surface area (Å²) in [5.41, 5.74) is 6.65. The number of pyridine rings is 1. The van der Waals surface area contributed by atoms with Crippen molar-refractivity contribution in [1.29, 1.82) is 0 Å². The third kappa shape index (κ3) is 2.90. The molecule has 1 aromatic rings. The molecule has 0 amide bonds. The van der Waals surface area contributed by atoms with Gasteiger partial charge in [0.1, 0.15) is 5.82 Å². The van der Waals surface area contributed by atoms with Crippen LogP contribution in [0.15, 0.2) is 18.2 Å². The van der Waals surface area contributed by atoms with Crippen LogP contribution in [0, 0.1) is 0 Å². The first-order valence-corrected chi connectivity index (χ1v) is 7.52. The Morgan fingerprint density at radius 1 is 1.11 bits per heavy atom. The van der Waals surface area contributed by atoms with E-state index in [0.29, 0.717) is 6.54 Å². The molecular formula is C15H24N4. The molecule has 0 radical (unpaired) electrons. The molecule has 2 fully saturated rings. The van der Waals surface area contributed by atoms with E-state index in [2.05, 4.69) is 26.9 Å². The lowest BCUT2D eigenvalue weighted by Gasteiger charge is -2.38. The molecule has 2 aliphatic rings. The highest BCUT2D eigenvalue weighted by Crippen LogP contribution is 2.25. The third-order valence-corrected chi connectivity index (χ3v) is 4.48. The van der Waals surface area contributed by atoms with Gasteiger partial charge in [0.15, 0.2) is 0 Å². The van der Waals surface area contributed by atoms with Gasteiger partial charge in [0.05, 0.1) is 5.69 Å². The normalized spacial score (nSPS) is 22.1. The van der Waals surface area contributed by atoms with E-state index in [4.69, 9.17) is 5.73 Å². The van der Waals surface area contributed by atoms with Crippen molar-refractivity contribution >= 4 is 5.82 Å². The van der Waals surface area contributed by atoms with Crippen LogP contribution in [0.2, 0.25) is 0 Å². The molecule has 0 atom stereocenters. The fourth-order valence-corrected chi connectivity index (χ4v) is 3.34. The molecule has 3 rings (SSSR count). The summed E-state index contributed by atoms with van der Waals surface area (Å²) in [6.45, 7) is 5.07. The van der Waals surface area contributed by atoms with Crippen molar-refractivity contribution in [3.8, 4) is 0 Å². The zero-order chi connectivity index (χ0) is 13.1. The molecule has 0 bridgehead atoms. The Balaban J connectivity index is 1.59. The van der Waals surface area contributed by atoms with E-state index in [1.165, 1.54) is 38.8 Å². The van der Waals surface area contributed by atoms with Crippen molar-refractivity contribution < 1.29 is 0 Å². The molecule has 2 heterocycles. The van der Waals surface area contributed by atoms with Gasteiger partial charge in [0, 0.05) is 38.8 Å². The maximum Gasteiger partial charge on any atom is 0.128 e. The molecule has 104 valence electrons. The van der Waals surface area contributed by atoms with Gasteiger partial charge in [-0.3, -0.25) is 4.90 Å². The standard InChI is InChI=1S/C15H24N4/c16-12-13-4-3-7-15(17-13)19-10-8-18(9-11-19)14-5-1-2-6-14/h3-4,7,14H,1-2,5-6,8-12,16H2. The van der Waals surface area contributed by atoms with Crippen molar-refractivity contribution in [3.63, 3.8) is 0 Å². The van der Waals surface area contributed by atoms with Crippen molar-refractivity contribution in [2.24, 2.45) is 5.73 Å². The fraction of sp³-hybridized carbons (Fsp3) is 0.667. The summed E-state index contributed by atoms with van der Waals surface area (Å²) in [7, 11) is 0. The SMILES string of the molecule is NCc1cccc(N2CCN(C3CCCC3)CC2)n1. The molecule has 4 heteroatoms. The number of piperazine rings is 1. The summed E-state index contributed by atoms with van der Waals surface area (Å²) < 4.78 is 0. The average molecular weight is 260 g/mol. The van der Waals surface area contributed by atoms with E-state index in [-0.39, 0.29) is 0 Å². The molecule has 1 aromatic heterocycles. The van der Waals surface area contributed by atoms with Crippen molar-refractivity contribution in [3.05, 3.63) is 23.9 Å². The first kappa shape index (κ1) is 12.9. The Labute approximate surface area is 115 Å². The molecule has 1 saturated carbocycles. The predicted octanol–water partition coefficient (Wildman–Crippen LogP) is 1.60. The van der Waals surface area contributed by atoms with E-state index in [0.717, 1.165) is 30.6 Å². The van der Waals surface area contributed by atoms with Gasteiger partial charge in [-0.05, 0) is 25.0 Å². The average Bonchev–Trinajstić information content (AvgIpc) is 3.02. The minimum absolute atomic E-state index is 0.524. The maximum atomic E-state index is 5.66. The topological polar surface area (TPSA) is 45.4 Å². The quantitative estimate of drug-likeness (QED) is 0.897. The number of anilines is 1. The zero-order valence-corrected chi connectivity index (χ0v) is 11.6. The molecule has 1 saturated heterocycles. The second-order valence-corrected chi connectivity index (χ2v) is 5.65. The van der Waals surface area contributed by atoms with Gasteiger partial charge in [0.25, 0.3) is 0 Å². The van der Waals surface area contributed by atoms with Crippen LogP contribution in [0.25, 0.3) is 0 Å². The molecule has 1 aliphatic heterocycles. The van der Waals surface area contributed by atoms with Crippen LogP contribution in [0.4, 0.5) is 5.82 Å². The van der Waals surface area contributed by atoms with E-state index in [1.807, 2.05) is 6.07 Å². The second kappa shape index (κ2) is 5.88. The number of hydrogen-bond acceptors (Lipinski definition) is 4. The van der Waals surface area contributed by atoms with E-state index < -0.39 is 0 Å². The lowest BCUT2D eigenvalue weighted by Crippen LogP contribution is -2.50. The van der Waals surface area contributed by atoms with Crippen LogP contribution in [0.3, 0.4) is 0 Å². The van der Waals surface area contributed by atoms with Crippen LogP contribution in [0.5, 0.6) is 0 Å². The largest absolute Gasteiger partial charge is 0.354 e. The van der Waals surface area contributed by atoms with Crippen LogP contribution < -0.4 is 10.6 Å². The van der Waals surface area contributed by atoms with Crippen LogP contribution in [0.1, 0.15) is 31.4 Å². The van der Waals surface area contributed by atoms with Gasteiger partial charge in [-0.15, -0.1) is 0 Å². The van der Waals surface area contributed by atoms with Crippen LogP contribution in [-0.4, -0.2) is 42.1 Å². The summed E-state index contributed by atoms with van der Waals surface area (Å²) in [4.78, 5) is 9.69. The highest BCUT2D eigenvalue weighted by atomic mass is 15.3. The first-order valence-electron chi connectivity index (χ1n) is 7.52. The number of aromatic nitrogens is 1. The summed E-state index contributed by atoms with van der Waals surface area (Å²) in [5.74, 6) is 1.09. The van der Waals surface area contributed by atoms with Crippen molar-refractivity contribution in [2.45, 2.75) is 38.3 Å². The van der Waals surface area contributed by atoms with Crippen molar-refractivity contribution in [1.82, 2.24) is 9.88 Å². The van der Waals surface area contributed by atoms with Gasteiger partial charge in [-0.2, -0.15) is 0 Å². The zero-order valence-electron chi connectivity index (χ0n) is 11.6. The molecule has 19 heavy (non-hydrogen) atoms. The molecule has 0 aromatic carbocycles. The third-order valence-electron chi connectivity index (χ3n) is 4.48. The Kier molecular flexibility index (Phi) is 3.99. The van der Waals surface area contributed by atoms with Crippen LogP contribution in [-0.2, 0) is 6.54 Å². The number of rotatable bonds is 3. The van der Waals surface area contributed by atoms with Gasteiger partial charge < -0.3 is 10.6 Å². The summed E-state index contributed by atoms with van der Waals surface area (Å²) in [6.07, 6.45) is 5.65. The molecule has 2 N–H and O–H groups in total. The van der Waals surface area contributed by atoms with Gasteiger partial charge in [0.2, 0.25) is 0 Å². The van der Waals surface area contributed by atoms with E-state index >= 15 is 0 Å². The predicted molar refractivity (Wildman–Crippen MR) is 78.2 cm³/mol. The Hall–Kier alpha value is -1.13. The molecule has 0 spiro atoms. The van der Waals surface area contributed by atoms with Crippen LogP contribution >= 0.6 is 0 Å². The highest BCUT2D eigenvalue weighted by Gasteiger charge is 2.26. The van der Waals surface area contributed by atoms with Gasteiger partial charge in [-0.1, -0.05) is 18.9 Å². The van der Waals surface area contributed by atoms with Crippen molar-refractivity contribution in [2.75, 3.05) is 31.1 Å². The lowest BCUT2D eigenvalue weighted by atomic mass is 10.2. The minimum atomic E-state index is 0.524. The number of nitrogens with zero attached hydrogens (tertiary/aromatic N) is 3. The number of nitrogens with two attached hydrogens (primary N) is 1. The minimum Gasteiger partial charge on any atom is -0.354 e. The highest BCUT2D eigenvalue weighted by molar-refractivity contribution is 5.39. The fourth-order valence-electron chi connectivity index (χ4n) is 3.34. The number of hydrogen-bond donors (Lipinski definition) is 1. The Morgan fingerprint density at radius 2 is 1.84 bits per heavy atom. The van der Waals surface area contributed by atoms with E-state index in [1.54, 1.807) is 0 Å². The Morgan fingerprint density at radius 3 is 2.53 bits per heavy atom. The molecule has 0 unspecified atom stereocenters. The monoisotopic (exact) mass is 260 g/mol. The lowest BCUT2D eigenvalue weighted by molar-refractivity contribution is 0.187.